The Hall–Kier alpha value is -1.89. The lowest BCUT2D eigenvalue weighted by Gasteiger charge is -2.07. The molecule has 0 fully saturated rings. The highest BCUT2D eigenvalue weighted by Crippen LogP contribution is 2.13. The summed E-state index contributed by atoms with van der Waals surface area (Å²) in [6.07, 6.45) is 16.5. The molecule has 0 aromatic rings. The Bertz CT molecular complexity index is 415. The van der Waals surface area contributed by atoms with Crippen LogP contribution in [0.2, 0.25) is 0 Å². The zero-order chi connectivity index (χ0) is 13.8. The van der Waals surface area contributed by atoms with Gasteiger partial charge in [0.2, 0.25) is 0 Å². The summed E-state index contributed by atoms with van der Waals surface area (Å²) in [7, 11) is 1.82. The van der Waals surface area contributed by atoms with Crippen LogP contribution in [0.5, 0.6) is 0 Å². The molecule has 0 spiro atoms. The van der Waals surface area contributed by atoms with Crippen molar-refractivity contribution in [2.24, 2.45) is 4.99 Å². The van der Waals surface area contributed by atoms with Crippen LogP contribution in [0.3, 0.4) is 0 Å². The number of rotatable bonds is 7. The van der Waals surface area contributed by atoms with Crippen LogP contribution >= 0.6 is 0 Å². The van der Waals surface area contributed by atoms with Gasteiger partial charge in [-0.25, -0.2) is 0 Å². The zero-order valence-electron chi connectivity index (χ0n) is 11.7. The molecule has 0 saturated heterocycles. The molecule has 18 heavy (non-hydrogen) atoms. The Morgan fingerprint density at radius 3 is 2.06 bits per heavy atom. The normalized spacial score (nSPS) is 14.5. The van der Waals surface area contributed by atoms with E-state index in [2.05, 4.69) is 24.2 Å². The van der Waals surface area contributed by atoms with Gasteiger partial charge in [-0.1, -0.05) is 61.8 Å². The van der Waals surface area contributed by atoms with E-state index in [1.165, 1.54) is 5.57 Å². The molecule has 0 amide bonds. The van der Waals surface area contributed by atoms with E-state index in [0.29, 0.717) is 0 Å². The van der Waals surface area contributed by atoms with Crippen molar-refractivity contribution in [3.63, 3.8) is 0 Å². The lowest BCUT2D eigenvalue weighted by Crippen LogP contribution is -2.02. The van der Waals surface area contributed by atoms with Crippen LogP contribution in [0, 0.1) is 0 Å². The van der Waals surface area contributed by atoms with Crippen molar-refractivity contribution in [1.82, 2.24) is 0 Å². The second-order valence-electron chi connectivity index (χ2n) is 3.68. The maximum atomic E-state index is 4.37. The summed E-state index contributed by atoms with van der Waals surface area (Å²) in [5.74, 6) is 0. The molecular weight excluding hydrogens is 218 g/mol. The topological polar surface area (TPSA) is 12.4 Å². The minimum Gasteiger partial charge on any atom is -0.292 e. The Labute approximate surface area is 111 Å². The standard InChI is InChI=1S/C17H23N/c1-6-10-15(11-7-2)14-17(18-5)16(12-8-3)13-9-4/h6-13H,1,3,14H2,2,4-5H3/b11-7-,13-9-,15-10+,16-12+,18-17?. The summed E-state index contributed by atoms with van der Waals surface area (Å²) in [6.45, 7) is 11.5. The second-order valence-corrected chi connectivity index (χ2v) is 3.68. The van der Waals surface area contributed by atoms with E-state index in [4.69, 9.17) is 0 Å². The maximum Gasteiger partial charge on any atom is 0.0460 e. The monoisotopic (exact) mass is 241 g/mol. The van der Waals surface area contributed by atoms with Crippen molar-refractivity contribution < 1.29 is 0 Å². The Balaban J connectivity index is 5.21. The van der Waals surface area contributed by atoms with E-state index in [1.54, 1.807) is 12.2 Å². The summed E-state index contributed by atoms with van der Waals surface area (Å²) in [4.78, 5) is 4.37. The molecule has 0 radical (unpaired) electrons. The molecule has 0 heterocycles. The Morgan fingerprint density at radius 1 is 1.00 bits per heavy atom. The van der Waals surface area contributed by atoms with Gasteiger partial charge in [0.15, 0.2) is 0 Å². The van der Waals surface area contributed by atoms with Gasteiger partial charge >= 0.3 is 0 Å². The third kappa shape index (κ3) is 6.00. The third-order valence-electron chi connectivity index (χ3n) is 2.33. The van der Waals surface area contributed by atoms with Gasteiger partial charge in [0.05, 0.1) is 0 Å². The molecule has 0 aliphatic rings. The first-order valence-electron chi connectivity index (χ1n) is 6.09. The van der Waals surface area contributed by atoms with Crippen LogP contribution in [0.25, 0.3) is 0 Å². The zero-order valence-corrected chi connectivity index (χ0v) is 11.7. The van der Waals surface area contributed by atoms with Gasteiger partial charge in [-0.3, -0.25) is 4.99 Å². The summed E-state index contributed by atoms with van der Waals surface area (Å²) < 4.78 is 0. The highest BCUT2D eigenvalue weighted by atomic mass is 14.7. The molecule has 0 atom stereocenters. The molecule has 0 aromatic heterocycles. The maximum absolute atomic E-state index is 4.37. The first kappa shape index (κ1) is 16.1. The van der Waals surface area contributed by atoms with Gasteiger partial charge in [-0.2, -0.15) is 0 Å². The van der Waals surface area contributed by atoms with Crippen molar-refractivity contribution >= 4 is 5.71 Å². The van der Waals surface area contributed by atoms with Crippen LogP contribution < -0.4 is 0 Å². The van der Waals surface area contributed by atoms with Crippen LogP contribution in [0.1, 0.15) is 20.3 Å². The number of aliphatic imine (C=N–C) groups is 1. The molecule has 0 aliphatic carbocycles. The number of hydrogen-bond donors (Lipinski definition) is 0. The van der Waals surface area contributed by atoms with Gasteiger partial charge in [0, 0.05) is 19.2 Å². The van der Waals surface area contributed by atoms with Crippen LogP contribution in [-0.4, -0.2) is 12.8 Å². The summed E-state index contributed by atoms with van der Waals surface area (Å²) in [5.41, 5.74) is 3.32. The van der Waals surface area contributed by atoms with Crippen molar-refractivity contribution in [2.45, 2.75) is 20.3 Å². The highest BCUT2D eigenvalue weighted by molar-refractivity contribution is 6.04. The Kier molecular flexibility index (Phi) is 9.20. The van der Waals surface area contributed by atoms with E-state index < -0.39 is 0 Å². The van der Waals surface area contributed by atoms with Gasteiger partial charge < -0.3 is 0 Å². The van der Waals surface area contributed by atoms with Crippen molar-refractivity contribution in [3.05, 3.63) is 72.9 Å². The highest BCUT2D eigenvalue weighted by Gasteiger charge is 2.04. The number of hydrogen-bond acceptors (Lipinski definition) is 1. The molecule has 0 bridgehead atoms. The average molecular weight is 241 g/mol. The van der Waals surface area contributed by atoms with E-state index in [9.17, 15) is 0 Å². The quantitative estimate of drug-likeness (QED) is 0.447. The van der Waals surface area contributed by atoms with E-state index in [-0.39, 0.29) is 0 Å². The molecule has 0 aromatic carbocycles. The van der Waals surface area contributed by atoms with Gasteiger partial charge in [0.1, 0.15) is 0 Å². The predicted octanol–water partition coefficient (Wildman–Crippen LogP) is 4.82. The third-order valence-corrected chi connectivity index (χ3v) is 2.33. The minimum atomic E-state index is 0.789. The van der Waals surface area contributed by atoms with E-state index in [1.807, 2.05) is 51.3 Å². The van der Waals surface area contributed by atoms with Crippen molar-refractivity contribution in [3.8, 4) is 0 Å². The molecule has 0 rings (SSSR count). The first-order valence-corrected chi connectivity index (χ1v) is 6.09. The Morgan fingerprint density at radius 2 is 1.61 bits per heavy atom. The summed E-state index contributed by atoms with van der Waals surface area (Å²) in [6, 6.07) is 0. The molecule has 0 saturated carbocycles. The SMILES string of the molecule is C=C/C=C(\C=C/C)CC(=NC)C(/C=C\C)=C/C=C. The van der Waals surface area contributed by atoms with Gasteiger partial charge in [0.25, 0.3) is 0 Å². The lowest BCUT2D eigenvalue weighted by molar-refractivity contribution is 1.28. The second kappa shape index (κ2) is 10.3. The molecule has 0 aliphatic heterocycles. The van der Waals surface area contributed by atoms with Crippen LogP contribution in [-0.2, 0) is 0 Å². The summed E-state index contributed by atoms with van der Waals surface area (Å²) in [5, 5.41) is 0. The molecule has 96 valence electrons. The largest absolute Gasteiger partial charge is 0.292 e. The fraction of sp³-hybridized carbons (Fsp3) is 0.235. The number of allylic oxidation sites excluding steroid dienone is 10. The molecule has 1 nitrogen and oxygen atoms in total. The lowest BCUT2D eigenvalue weighted by atomic mass is 10.0. The van der Waals surface area contributed by atoms with Crippen LogP contribution in [0.4, 0.5) is 0 Å². The smallest absolute Gasteiger partial charge is 0.0460 e. The number of nitrogens with zero attached hydrogens (tertiary/aromatic N) is 1. The minimum absolute atomic E-state index is 0.789. The predicted molar refractivity (Wildman–Crippen MR) is 84.2 cm³/mol. The van der Waals surface area contributed by atoms with Crippen LogP contribution in [0.15, 0.2) is 77.9 Å². The molecule has 0 unspecified atom stereocenters. The van der Waals surface area contributed by atoms with E-state index >= 15 is 0 Å². The van der Waals surface area contributed by atoms with Crippen molar-refractivity contribution in [1.29, 1.82) is 0 Å². The molecular formula is C17H23N. The van der Waals surface area contributed by atoms with Crippen molar-refractivity contribution in [2.75, 3.05) is 7.05 Å². The van der Waals surface area contributed by atoms with Gasteiger partial charge in [-0.05, 0) is 25.0 Å². The fourth-order valence-corrected chi connectivity index (χ4v) is 1.60. The van der Waals surface area contributed by atoms with Gasteiger partial charge in [-0.15, -0.1) is 0 Å². The molecule has 1 heteroatoms. The first-order chi connectivity index (χ1) is 8.73. The summed E-state index contributed by atoms with van der Waals surface area (Å²) >= 11 is 0. The van der Waals surface area contributed by atoms with E-state index in [0.717, 1.165) is 17.7 Å². The fourth-order valence-electron chi connectivity index (χ4n) is 1.60. The average Bonchev–Trinajstić information content (AvgIpc) is 2.36. The molecule has 0 N–H and O–H groups in total.